The van der Waals surface area contributed by atoms with E-state index in [-0.39, 0.29) is 5.63 Å². The molecule has 1 aliphatic rings. The lowest BCUT2D eigenvalue weighted by molar-refractivity contribution is 0.319. The Balaban J connectivity index is 1.64. The van der Waals surface area contributed by atoms with Crippen LogP contribution in [0.25, 0.3) is 11.0 Å². The first-order chi connectivity index (χ1) is 12.1. The molecule has 0 bridgehead atoms. The van der Waals surface area contributed by atoms with Gasteiger partial charge in [0.25, 0.3) is 0 Å². The fourth-order valence-corrected chi connectivity index (χ4v) is 3.80. The van der Waals surface area contributed by atoms with Gasteiger partial charge in [-0.1, -0.05) is 23.7 Å². The van der Waals surface area contributed by atoms with Gasteiger partial charge in [0.05, 0.1) is 0 Å². The summed E-state index contributed by atoms with van der Waals surface area (Å²) >= 11 is 5.95. The van der Waals surface area contributed by atoms with Gasteiger partial charge < -0.3 is 4.42 Å². The summed E-state index contributed by atoms with van der Waals surface area (Å²) in [4.78, 5) is 14.2. The van der Waals surface area contributed by atoms with Crippen LogP contribution < -0.4 is 5.63 Å². The van der Waals surface area contributed by atoms with Crippen LogP contribution in [0.5, 0.6) is 0 Å². The average Bonchev–Trinajstić information content (AvgIpc) is 3.02. The summed E-state index contributed by atoms with van der Waals surface area (Å²) in [5.41, 5.74) is 5.37. The van der Waals surface area contributed by atoms with Gasteiger partial charge in [-0.25, -0.2) is 4.79 Å². The summed E-state index contributed by atoms with van der Waals surface area (Å²) in [7, 11) is 2.06. The zero-order chi connectivity index (χ0) is 17.4. The monoisotopic (exact) mass is 353 g/mol. The topological polar surface area (TPSA) is 33.5 Å². The smallest absolute Gasteiger partial charge is 0.336 e. The van der Waals surface area contributed by atoms with Gasteiger partial charge in [-0.05, 0) is 72.8 Å². The van der Waals surface area contributed by atoms with E-state index >= 15 is 0 Å². The Kier molecular flexibility index (Phi) is 4.36. The standard InChI is InChI=1S/C21H20ClNO2/c1-23(12-14-5-7-18(22)8-6-14)13-17-11-21(24)25-20-10-16-4-2-3-15(16)9-19(17)20/h5-11H,2-4,12-13H2,1H3. The molecule has 0 atom stereocenters. The fourth-order valence-electron chi connectivity index (χ4n) is 3.67. The highest BCUT2D eigenvalue weighted by atomic mass is 35.5. The van der Waals surface area contributed by atoms with Gasteiger partial charge in [0.15, 0.2) is 0 Å². The molecule has 0 radical (unpaired) electrons. The first-order valence-corrected chi connectivity index (χ1v) is 8.98. The van der Waals surface area contributed by atoms with Crippen LogP contribution in [0.2, 0.25) is 5.02 Å². The predicted octanol–water partition coefficient (Wildman–Crippen LogP) is 4.57. The second-order valence-electron chi connectivity index (χ2n) is 6.86. The minimum atomic E-state index is -0.277. The third-order valence-electron chi connectivity index (χ3n) is 4.85. The zero-order valence-corrected chi connectivity index (χ0v) is 15.0. The highest BCUT2D eigenvalue weighted by Gasteiger charge is 2.16. The molecule has 1 heterocycles. The number of hydrogen-bond donors (Lipinski definition) is 0. The molecule has 2 aromatic carbocycles. The molecule has 0 N–H and O–H groups in total. The van der Waals surface area contributed by atoms with E-state index in [9.17, 15) is 4.79 Å². The molecule has 0 aliphatic heterocycles. The van der Waals surface area contributed by atoms with Crippen molar-refractivity contribution < 1.29 is 4.42 Å². The average molecular weight is 354 g/mol. The highest BCUT2D eigenvalue weighted by Crippen LogP contribution is 2.29. The third-order valence-corrected chi connectivity index (χ3v) is 5.10. The van der Waals surface area contributed by atoms with Crippen LogP contribution in [0.1, 0.15) is 28.7 Å². The van der Waals surface area contributed by atoms with E-state index in [1.165, 1.54) is 23.1 Å². The van der Waals surface area contributed by atoms with Crippen molar-refractivity contribution in [2.45, 2.75) is 32.4 Å². The third kappa shape index (κ3) is 3.48. The lowest BCUT2D eigenvalue weighted by atomic mass is 10.0. The second kappa shape index (κ2) is 6.66. The molecule has 4 heteroatoms. The van der Waals surface area contributed by atoms with E-state index in [4.69, 9.17) is 16.0 Å². The molecule has 1 aromatic heterocycles. The van der Waals surface area contributed by atoms with Crippen molar-refractivity contribution >= 4 is 22.6 Å². The van der Waals surface area contributed by atoms with Gasteiger partial charge in [0, 0.05) is 29.6 Å². The van der Waals surface area contributed by atoms with Crippen molar-refractivity contribution in [3.63, 3.8) is 0 Å². The van der Waals surface area contributed by atoms with Crippen LogP contribution in [0.4, 0.5) is 0 Å². The lowest BCUT2D eigenvalue weighted by Crippen LogP contribution is -2.18. The number of nitrogens with zero attached hydrogens (tertiary/aromatic N) is 1. The number of rotatable bonds is 4. The van der Waals surface area contributed by atoms with E-state index < -0.39 is 0 Å². The van der Waals surface area contributed by atoms with Gasteiger partial charge in [0.2, 0.25) is 0 Å². The Morgan fingerprint density at radius 1 is 1.04 bits per heavy atom. The Morgan fingerprint density at radius 2 is 1.76 bits per heavy atom. The van der Waals surface area contributed by atoms with E-state index in [1.807, 2.05) is 24.3 Å². The van der Waals surface area contributed by atoms with Crippen LogP contribution >= 0.6 is 11.6 Å². The molecule has 0 amide bonds. The fraction of sp³-hybridized carbons (Fsp3) is 0.286. The lowest BCUT2D eigenvalue weighted by Gasteiger charge is -2.18. The molecule has 0 fully saturated rings. The van der Waals surface area contributed by atoms with Crippen molar-refractivity contribution in [2.24, 2.45) is 0 Å². The van der Waals surface area contributed by atoms with Gasteiger partial charge in [-0.2, -0.15) is 0 Å². The summed E-state index contributed by atoms with van der Waals surface area (Å²) in [5.74, 6) is 0. The van der Waals surface area contributed by atoms with Gasteiger partial charge in [-0.15, -0.1) is 0 Å². The largest absolute Gasteiger partial charge is 0.423 e. The Hall–Kier alpha value is -2.10. The maximum atomic E-state index is 12.0. The summed E-state index contributed by atoms with van der Waals surface area (Å²) < 4.78 is 5.45. The number of hydrogen-bond acceptors (Lipinski definition) is 3. The molecular weight excluding hydrogens is 334 g/mol. The summed E-state index contributed by atoms with van der Waals surface area (Å²) in [6.45, 7) is 1.49. The molecule has 25 heavy (non-hydrogen) atoms. The maximum absolute atomic E-state index is 12.0. The van der Waals surface area contributed by atoms with E-state index in [0.29, 0.717) is 12.1 Å². The quantitative estimate of drug-likeness (QED) is 0.644. The van der Waals surface area contributed by atoms with Crippen LogP contribution in [0, 0.1) is 0 Å². The second-order valence-corrected chi connectivity index (χ2v) is 7.30. The number of halogens is 1. The van der Waals surface area contributed by atoms with Crippen molar-refractivity contribution in [3.05, 3.63) is 80.2 Å². The van der Waals surface area contributed by atoms with Crippen molar-refractivity contribution in [1.82, 2.24) is 4.90 Å². The van der Waals surface area contributed by atoms with Crippen LogP contribution in [-0.2, 0) is 25.9 Å². The number of fused-ring (bicyclic) bond motifs is 2. The SMILES string of the molecule is CN(Cc1ccc(Cl)cc1)Cc1cc(=O)oc2cc3c(cc12)CCC3. The molecule has 128 valence electrons. The molecule has 0 unspecified atom stereocenters. The van der Waals surface area contributed by atoms with Crippen LogP contribution in [0.3, 0.4) is 0 Å². The molecule has 0 saturated carbocycles. The van der Waals surface area contributed by atoms with Gasteiger partial charge >= 0.3 is 5.63 Å². The minimum Gasteiger partial charge on any atom is -0.423 e. The summed E-state index contributed by atoms with van der Waals surface area (Å²) in [6, 6.07) is 13.8. The molecule has 0 spiro atoms. The normalized spacial score (nSPS) is 13.6. The summed E-state index contributed by atoms with van der Waals surface area (Å²) in [6.07, 6.45) is 3.38. The molecule has 4 rings (SSSR count). The van der Waals surface area contributed by atoms with Gasteiger partial charge in [-0.3, -0.25) is 4.90 Å². The predicted molar refractivity (Wildman–Crippen MR) is 101 cm³/mol. The zero-order valence-electron chi connectivity index (χ0n) is 14.2. The summed E-state index contributed by atoms with van der Waals surface area (Å²) in [5, 5.41) is 1.80. The van der Waals surface area contributed by atoms with E-state index in [1.54, 1.807) is 6.07 Å². The molecule has 3 nitrogen and oxygen atoms in total. The maximum Gasteiger partial charge on any atom is 0.336 e. The Morgan fingerprint density at radius 3 is 2.52 bits per heavy atom. The molecular formula is C21H20ClNO2. The van der Waals surface area contributed by atoms with Crippen molar-refractivity contribution in [2.75, 3.05) is 7.05 Å². The first-order valence-electron chi connectivity index (χ1n) is 8.60. The van der Waals surface area contributed by atoms with Crippen molar-refractivity contribution in [3.8, 4) is 0 Å². The Labute approximate surface area is 151 Å². The number of aryl methyl sites for hydroxylation is 2. The number of benzene rings is 2. The van der Waals surface area contributed by atoms with Crippen LogP contribution in [-0.4, -0.2) is 11.9 Å². The first kappa shape index (κ1) is 16.4. The van der Waals surface area contributed by atoms with Crippen molar-refractivity contribution in [1.29, 1.82) is 0 Å². The van der Waals surface area contributed by atoms with E-state index in [0.717, 1.165) is 35.4 Å². The highest BCUT2D eigenvalue weighted by molar-refractivity contribution is 6.30. The van der Waals surface area contributed by atoms with E-state index in [2.05, 4.69) is 24.1 Å². The van der Waals surface area contributed by atoms with Gasteiger partial charge in [0.1, 0.15) is 5.58 Å². The molecule has 0 saturated heterocycles. The Bertz CT molecular complexity index is 976. The van der Waals surface area contributed by atoms with Crippen LogP contribution in [0.15, 0.2) is 51.7 Å². The molecule has 1 aliphatic carbocycles. The minimum absolute atomic E-state index is 0.277. The molecule has 3 aromatic rings.